The fourth-order valence-electron chi connectivity index (χ4n) is 3.24. The van der Waals surface area contributed by atoms with Gasteiger partial charge >= 0.3 is 0 Å². The number of halogens is 1. The minimum Gasteiger partial charge on any atom is -0.396 e. The van der Waals surface area contributed by atoms with E-state index < -0.39 is 0 Å². The van der Waals surface area contributed by atoms with Crippen LogP contribution in [0.1, 0.15) is 51.9 Å². The van der Waals surface area contributed by atoms with E-state index in [9.17, 15) is 5.11 Å². The summed E-state index contributed by atoms with van der Waals surface area (Å²) in [7, 11) is 1.68. The zero-order valence-corrected chi connectivity index (χ0v) is 18.3. The Kier molecular flexibility index (Phi) is 16.0. The predicted molar refractivity (Wildman–Crippen MR) is 114 cm³/mol. The second-order valence-electron chi connectivity index (χ2n) is 6.61. The Morgan fingerprint density at radius 1 is 1.12 bits per heavy atom. The maximum atomic E-state index is 9.41. The normalized spacial score (nSPS) is 17.0. The van der Waals surface area contributed by atoms with Crippen LogP contribution in [0.3, 0.4) is 0 Å². The van der Waals surface area contributed by atoms with Crippen molar-refractivity contribution in [2.45, 2.75) is 51.9 Å². The highest BCUT2D eigenvalue weighted by atomic mass is 127. The molecule has 1 aliphatic rings. The molecule has 0 aliphatic heterocycles. The highest BCUT2D eigenvalue weighted by molar-refractivity contribution is 14.0. The summed E-state index contributed by atoms with van der Waals surface area (Å²) in [6.45, 7) is 6.85. The quantitative estimate of drug-likeness (QED) is 0.177. The number of hydrogen-bond donors (Lipinski definition) is 3. The fraction of sp³-hybridized carbons (Fsp3) is 0.944. The van der Waals surface area contributed by atoms with Crippen LogP contribution in [0.2, 0.25) is 0 Å². The van der Waals surface area contributed by atoms with Crippen molar-refractivity contribution in [3.8, 4) is 0 Å². The number of ether oxygens (including phenoxy) is 2. The molecule has 0 heterocycles. The Labute approximate surface area is 170 Å². The van der Waals surface area contributed by atoms with E-state index in [1.165, 1.54) is 32.1 Å². The molecule has 0 aromatic rings. The van der Waals surface area contributed by atoms with Crippen LogP contribution in [-0.2, 0) is 9.47 Å². The second kappa shape index (κ2) is 16.1. The smallest absolute Gasteiger partial charge is 0.191 e. The molecule has 6 nitrogen and oxygen atoms in total. The van der Waals surface area contributed by atoms with Crippen molar-refractivity contribution in [1.82, 2.24) is 10.6 Å². The molecular weight excluding hydrogens is 433 g/mol. The molecule has 1 rings (SSSR count). The van der Waals surface area contributed by atoms with Gasteiger partial charge in [0.05, 0.1) is 13.2 Å². The van der Waals surface area contributed by atoms with E-state index in [1.807, 2.05) is 0 Å². The lowest BCUT2D eigenvalue weighted by Gasteiger charge is -2.35. The zero-order chi connectivity index (χ0) is 17.5. The standard InChI is InChI=1S/C18H37N3O3.HI/c1-3-19-17(20-11-7-13-24-15-14-23-2)21-16-18(10-12-22)8-5-4-6-9-18;/h22H,3-16H2,1-2H3,(H2,19,20,21);1H. The molecule has 0 radical (unpaired) electrons. The number of nitrogens with one attached hydrogen (secondary N) is 2. The van der Waals surface area contributed by atoms with E-state index in [-0.39, 0.29) is 36.0 Å². The van der Waals surface area contributed by atoms with Gasteiger partial charge in [0.2, 0.25) is 0 Å². The Hall–Kier alpha value is -0.120. The van der Waals surface area contributed by atoms with Gasteiger partial charge in [-0.25, -0.2) is 0 Å². The van der Waals surface area contributed by atoms with Crippen LogP contribution < -0.4 is 10.6 Å². The molecule has 0 spiro atoms. The Balaban J connectivity index is 0.00000576. The molecule has 25 heavy (non-hydrogen) atoms. The summed E-state index contributed by atoms with van der Waals surface area (Å²) in [5.74, 6) is 0.872. The summed E-state index contributed by atoms with van der Waals surface area (Å²) in [6.07, 6.45) is 8.02. The highest BCUT2D eigenvalue weighted by Crippen LogP contribution is 2.39. The number of rotatable bonds is 12. The van der Waals surface area contributed by atoms with Crippen LogP contribution in [0.5, 0.6) is 0 Å². The first-order chi connectivity index (χ1) is 11.8. The molecule has 1 fully saturated rings. The SMILES string of the molecule is CCNC(=NCC1(CCO)CCCCC1)NCCCOCCOC.I. The van der Waals surface area contributed by atoms with E-state index in [4.69, 9.17) is 14.5 Å². The van der Waals surface area contributed by atoms with E-state index >= 15 is 0 Å². The van der Waals surface area contributed by atoms with Gasteiger partial charge in [0.25, 0.3) is 0 Å². The van der Waals surface area contributed by atoms with Crippen molar-refractivity contribution >= 4 is 29.9 Å². The van der Waals surface area contributed by atoms with Gasteiger partial charge in [0.15, 0.2) is 5.96 Å². The van der Waals surface area contributed by atoms with Gasteiger partial charge in [-0.1, -0.05) is 19.3 Å². The van der Waals surface area contributed by atoms with Crippen molar-refractivity contribution in [3.63, 3.8) is 0 Å². The second-order valence-corrected chi connectivity index (χ2v) is 6.61. The average Bonchev–Trinajstić information content (AvgIpc) is 2.60. The van der Waals surface area contributed by atoms with Gasteiger partial charge in [-0.15, -0.1) is 24.0 Å². The minimum absolute atomic E-state index is 0. The van der Waals surface area contributed by atoms with Gasteiger partial charge in [-0.05, 0) is 38.0 Å². The fourth-order valence-corrected chi connectivity index (χ4v) is 3.24. The minimum atomic E-state index is 0. The predicted octanol–water partition coefficient (Wildman–Crippen LogP) is 2.55. The van der Waals surface area contributed by atoms with Crippen molar-refractivity contribution in [2.75, 3.05) is 53.2 Å². The monoisotopic (exact) mass is 471 g/mol. The summed E-state index contributed by atoms with van der Waals surface area (Å²) >= 11 is 0. The number of methoxy groups -OCH3 is 1. The van der Waals surface area contributed by atoms with Gasteiger partial charge in [0, 0.05) is 40.0 Å². The highest BCUT2D eigenvalue weighted by Gasteiger charge is 2.31. The van der Waals surface area contributed by atoms with E-state index in [0.29, 0.717) is 13.2 Å². The lowest BCUT2D eigenvalue weighted by Crippen LogP contribution is -2.39. The lowest BCUT2D eigenvalue weighted by atomic mass is 9.72. The number of nitrogens with zero attached hydrogens (tertiary/aromatic N) is 1. The molecule has 3 N–H and O–H groups in total. The number of guanidine groups is 1. The molecule has 0 atom stereocenters. The molecule has 0 aromatic carbocycles. The number of aliphatic imine (C=N–C) groups is 1. The van der Waals surface area contributed by atoms with Crippen molar-refractivity contribution < 1.29 is 14.6 Å². The Morgan fingerprint density at radius 3 is 2.52 bits per heavy atom. The van der Waals surface area contributed by atoms with Crippen LogP contribution >= 0.6 is 24.0 Å². The summed E-state index contributed by atoms with van der Waals surface area (Å²) in [4.78, 5) is 4.80. The first-order valence-corrected chi connectivity index (χ1v) is 9.46. The summed E-state index contributed by atoms with van der Waals surface area (Å²) in [6, 6.07) is 0. The zero-order valence-electron chi connectivity index (χ0n) is 16.0. The molecule has 150 valence electrons. The molecule has 0 aromatic heterocycles. The molecule has 1 saturated carbocycles. The number of aliphatic hydroxyl groups excluding tert-OH is 1. The lowest BCUT2D eigenvalue weighted by molar-refractivity contribution is 0.0698. The maximum Gasteiger partial charge on any atom is 0.191 e. The molecular formula is C18H38IN3O3. The van der Waals surface area contributed by atoms with Crippen LogP contribution in [0, 0.1) is 5.41 Å². The average molecular weight is 471 g/mol. The summed E-state index contributed by atoms with van der Waals surface area (Å²) in [5.41, 5.74) is 0.193. The largest absolute Gasteiger partial charge is 0.396 e. The first kappa shape index (κ1) is 24.9. The third-order valence-corrected chi connectivity index (χ3v) is 4.66. The van der Waals surface area contributed by atoms with E-state index in [2.05, 4.69) is 17.6 Å². The third-order valence-electron chi connectivity index (χ3n) is 4.66. The van der Waals surface area contributed by atoms with Crippen LogP contribution in [-0.4, -0.2) is 64.2 Å². The molecule has 0 saturated heterocycles. The van der Waals surface area contributed by atoms with Gasteiger partial charge < -0.3 is 25.2 Å². The number of aliphatic hydroxyl groups is 1. The molecule has 7 heteroatoms. The van der Waals surface area contributed by atoms with Crippen LogP contribution in [0.15, 0.2) is 4.99 Å². The van der Waals surface area contributed by atoms with Crippen molar-refractivity contribution in [2.24, 2.45) is 10.4 Å². The summed E-state index contributed by atoms with van der Waals surface area (Å²) < 4.78 is 10.4. The van der Waals surface area contributed by atoms with Gasteiger partial charge in [0.1, 0.15) is 0 Å². The molecule has 0 bridgehead atoms. The first-order valence-electron chi connectivity index (χ1n) is 9.46. The molecule has 0 unspecified atom stereocenters. The van der Waals surface area contributed by atoms with Crippen LogP contribution in [0.4, 0.5) is 0 Å². The van der Waals surface area contributed by atoms with Crippen molar-refractivity contribution in [1.29, 1.82) is 0 Å². The van der Waals surface area contributed by atoms with Gasteiger partial charge in [-0.3, -0.25) is 4.99 Å². The molecule has 0 amide bonds. The summed E-state index contributed by atoms with van der Waals surface area (Å²) in [5, 5.41) is 16.1. The maximum absolute atomic E-state index is 9.41. The van der Waals surface area contributed by atoms with Gasteiger partial charge in [-0.2, -0.15) is 0 Å². The number of hydrogen-bond acceptors (Lipinski definition) is 4. The van der Waals surface area contributed by atoms with Crippen molar-refractivity contribution in [3.05, 3.63) is 0 Å². The topological polar surface area (TPSA) is 75.1 Å². The molecule has 1 aliphatic carbocycles. The van der Waals surface area contributed by atoms with E-state index in [1.54, 1.807) is 7.11 Å². The third kappa shape index (κ3) is 11.2. The Bertz CT molecular complexity index is 332. The van der Waals surface area contributed by atoms with E-state index in [0.717, 1.165) is 45.0 Å². The Morgan fingerprint density at radius 2 is 1.88 bits per heavy atom. The van der Waals surface area contributed by atoms with Crippen LogP contribution in [0.25, 0.3) is 0 Å².